The van der Waals surface area contributed by atoms with Crippen LogP contribution in [-0.4, -0.2) is 35.1 Å². The highest BCUT2D eigenvalue weighted by molar-refractivity contribution is 9.10. The summed E-state index contributed by atoms with van der Waals surface area (Å²) in [7, 11) is 0. The predicted octanol–water partition coefficient (Wildman–Crippen LogP) is 2.36. The zero-order chi connectivity index (χ0) is 14.0. The molecule has 0 spiro atoms. The van der Waals surface area contributed by atoms with Crippen LogP contribution in [0.15, 0.2) is 22.7 Å². The Balaban J connectivity index is 2.03. The van der Waals surface area contributed by atoms with Crippen LogP contribution in [0.25, 0.3) is 0 Å². The number of benzene rings is 1. The van der Waals surface area contributed by atoms with Crippen LogP contribution in [0.4, 0.5) is 4.39 Å². The van der Waals surface area contributed by atoms with Gasteiger partial charge in [-0.2, -0.15) is 0 Å². The average molecular weight is 330 g/mol. The Morgan fingerprint density at radius 2 is 2.32 bits per heavy atom. The van der Waals surface area contributed by atoms with Crippen LogP contribution < -0.4 is 0 Å². The number of β-amino-alcohol motifs (C(OH)–C–C–N with tert-alkyl or cyclic N) is 1. The molecule has 1 amide bonds. The third-order valence-corrected chi connectivity index (χ3v) is 4.39. The second-order valence-corrected chi connectivity index (χ2v) is 5.94. The first kappa shape index (κ1) is 14.5. The summed E-state index contributed by atoms with van der Waals surface area (Å²) in [4.78, 5) is 13.8. The van der Waals surface area contributed by atoms with Crippen molar-refractivity contribution in [2.24, 2.45) is 5.92 Å². The van der Waals surface area contributed by atoms with Gasteiger partial charge in [0.1, 0.15) is 5.82 Å². The summed E-state index contributed by atoms with van der Waals surface area (Å²) in [5.74, 6) is -0.194. The zero-order valence-electron chi connectivity index (χ0n) is 10.8. The van der Waals surface area contributed by atoms with E-state index in [1.54, 1.807) is 11.0 Å². The van der Waals surface area contributed by atoms with E-state index in [1.165, 1.54) is 12.1 Å². The van der Waals surface area contributed by atoms with Crippen molar-refractivity contribution in [2.45, 2.75) is 25.9 Å². The van der Waals surface area contributed by atoms with E-state index >= 15 is 0 Å². The highest BCUT2D eigenvalue weighted by Crippen LogP contribution is 2.21. The van der Waals surface area contributed by atoms with Gasteiger partial charge in [0.25, 0.3) is 0 Å². The number of rotatable bonds is 2. The van der Waals surface area contributed by atoms with Gasteiger partial charge in [0, 0.05) is 17.6 Å². The summed E-state index contributed by atoms with van der Waals surface area (Å²) in [6, 6.07) is 4.32. The van der Waals surface area contributed by atoms with Crippen molar-refractivity contribution in [1.29, 1.82) is 0 Å². The van der Waals surface area contributed by atoms with E-state index in [4.69, 9.17) is 0 Å². The zero-order valence-corrected chi connectivity index (χ0v) is 12.4. The third kappa shape index (κ3) is 3.54. The Hall–Kier alpha value is -0.940. The standard InChI is InChI=1S/C14H17BrFNO2/c1-9-4-5-17(8-13(9)18)14(19)7-10-6-11(16)2-3-12(10)15/h2-3,6,9,13,18H,4-5,7-8H2,1H3. The number of amides is 1. The molecule has 0 saturated carbocycles. The van der Waals surface area contributed by atoms with Crippen molar-refractivity contribution in [3.05, 3.63) is 34.1 Å². The van der Waals surface area contributed by atoms with Crippen LogP contribution in [0.2, 0.25) is 0 Å². The molecule has 0 aromatic heterocycles. The maximum atomic E-state index is 13.2. The number of aliphatic hydroxyl groups is 1. The number of halogens is 2. The SMILES string of the molecule is CC1CCN(C(=O)Cc2cc(F)ccc2Br)CC1O. The Kier molecular flexibility index (Phi) is 4.58. The van der Waals surface area contributed by atoms with E-state index in [9.17, 15) is 14.3 Å². The molecule has 1 aromatic carbocycles. The molecule has 0 radical (unpaired) electrons. The highest BCUT2D eigenvalue weighted by Gasteiger charge is 2.27. The molecule has 0 aliphatic carbocycles. The molecular weight excluding hydrogens is 313 g/mol. The molecule has 1 N–H and O–H groups in total. The average Bonchev–Trinajstić information content (AvgIpc) is 2.37. The van der Waals surface area contributed by atoms with Crippen molar-refractivity contribution in [3.63, 3.8) is 0 Å². The molecule has 0 bridgehead atoms. The fraction of sp³-hybridized carbons (Fsp3) is 0.500. The van der Waals surface area contributed by atoms with E-state index in [1.807, 2.05) is 6.92 Å². The van der Waals surface area contributed by atoms with Crippen LogP contribution in [0.5, 0.6) is 0 Å². The molecule has 5 heteroatoms. The first-order chi connectivity index (χ1) is 8.97. The van der Waals surface area contributed by atoms with Gasteiger partial charge < -0.3 is 10.0 Å². The topological polar surface area (TPSA) is 40.5 Å². The van der Waals surface area contributed by atoms with Gasteiger partial charge in [-0.1, -0.05) is 22.9 Å². The van der Waals surface area contributed by atoms with Crippen molar-refractivity contribution in [3.8, 4) is 0 Å². The van der Waals surface area contributed by atoms with Crippen LogP contribution in [0.1, 0.15) is 18.9 Å². The maximum absolute atomic E-state index is 13.2. The minimum Gasteiger partial charge on any atom is -0.391 e. The van der Waals surface area contributed by atoms with Crippen LogP contribution in [0.3, 0.4) is 0 Å². The van der Waals surface area contributed by atoms with Crippen molar-refractivity contribution in [1.82, 2.24) is 4.90 Å². The summed E-state index contributed by atoms with van der Waals surface area (Å²) < 4.78 is 13.9. The maximum Gasteiger partial charge on any atom is 0.227 e. The van der Waals surface area contributed by atoms with Gasteiger partial charge in [0.2, 0.25) is 5.91 Å². The highest BCUT2D eigenvalue weighted by atomic mass is 79.9. The smallest absolute Gasteiger partial charge is 0.227 e. The summed E-state index contributed by atoms with van der Waals surface area (Å²) in [5.41, 5.74) is 0.637. The van der Waals surface area contributed by atoms with Gasteiger partial charge >= 0.3 is 0 Å². The van der Waals surface area contributed by atoms with Crippen LogP contribution in [-0.2, 0) is 11.2 Å². The van der Waals surface area contributed by atoms with Crippen molar-refractivity contribution >= 4 is 21.8 Å². The number of carbonyl (C=O) groups excluding carboxylic acids is 1. The van der Waals surface area contributed by atoms with Gasteiger partial charge in [-0.15, -0.1) is 0 Å². The lowest BCUT2D eigenvalue weighted by molar-refractivity contribution is -0.134. The molecule has 19 heavy (non-hydrogen) atoms. The molecule has 2 rings (SSSR count). The molecule has 1 aliphatic heterocycles. The van der Waals surface area contributed by atoms with E-state index < -0.39 is 6.10 Å². The predicted molar refractivity (Wildman–Crippen MR) is 74.2 cm³/mol. The second kappa shape index (κ2) is 6.01. The Morgan fingerprint density at radius 1 is 1.58 bits per heavy atom. The van der Waals surface area contributed by atoms with Crippen molar-refractivity contribution < 1.29 is 14.3 Å². The molecule has 1 fully saturated rings. The number of aliphatic hydroxyl groups excluding tert-OH is 1. The quantitative estimate of drug-likeness (QED) is 0.904. The Labute approximate surface area is 120 Å². The molecule has 1 aromatic rings. The molecule has 1 aliphatic rings. The fourth-order valence-corrected chi connectivity index (χ4v) is 2.62. The molecule has 2 atom stereocenters. The number of hydrogen-bond acceptors (Lipinski definition) is 2. The van der Waals surface area contributed by atoms with E-state index in [2.05, 4.69) is 15.9 Å². The van der Waals surface area contributed by atoms with Crippen LogP contribution in [0, 0.1) is 11.7 Å². The van der Waals surface area contributed by atoms with Gasteiger partial charge in [-0.3, -0.25) is 4.79 Å². The molecule has 1 heterocycles. The van der Waals surface area contributed by atoms with E-state index in [-0.39, 0.29) is 24.1 Å². The normalized spacial score (nSPS) is 23.5. The van der Waals surface area contributed by atoms with E-state index in [0.29, 0.717) is 18.7 Å². The number of carbonyl (C=O) groups is 1. The fourth-order valence-electron chi connectivity index (χ4n) is 2.23. The summed E-state index contributed by atoms with van der Waals surface area (Å²) >= 11 is 3.32. The second-order valence-electron chi connectivity index (χ2n) is 5.09. The third-order valence-electron chi connectivity index (χ3n) is 3.62. The minimum absolute atomic E-state index is 0.0720. The number of likely N-dealkylation sites (tertiary alicyclic amines) is 1. The summed E-state index contributed by atoms with van der Waals surface area (Å²) in [5, 5.41) is 9.80. The van der Waals surface area contributed by atoms with Gasteiger partial charge in [0.05, 0.1) is 12.5 Å². The number of piperidine rings is 1. The van der Waals surface area contributed by atoms with Gasteiger partial charge in [-0.05, 0) is 36.1 Å². The first-order valence-electron chi connectivity index (χ1n) is 6.37. The minimum atomic E-state index is -0.464. The summed E-state index contributed by atoms with van der Waals surface area (Å²) in [6.07, 6.45) is 0.491. The lowest BCUT2D eigenvalue weighted by atomic mass is 9.95. The van der Waals surface area contributed by atoms with Gasteiger partial charge in [-0.25, -0.2) is 4.39 Å². The largest absolute Gasteiger partial charge is 0.391 e. The molecular formula is C14H17BrFNO2. The molecule has 104 valence electrons. The first-order valence-corrected chi connectivity index (χ1v) is 7.16. The lowest BCUT2D eigenvalue weighted by Crippen LogP contribution is -2.46. The van der Waals surface area contributed by atoms with Gasteiger partial charge in [0.15, 0.2) is 0 Å². The number of hydrogen-bond donors (Lipinski definition) is 1. The van der Waals surface area contributed by atoms with E-state index in [0.717, 1.165) is 10.9 Å². The van der Waals surface area contributed by atoms with Crippen molar-refractivity contribution in [2.75, 3.05) is 13.1 Å². The molecule has 2 unspecified atom stereocenters. The van der Waals surface area contributed by atoms with Crippen LogP contribution >= 0.6 is 15.9 Å². The molecule has 1 saturated heterocycles. The lowest BCUT2D eigenvalue weighted by Gasteiger charge is -2.34. The molecule has 3 nitrogen and oxygen atoms in total. The monoisotopic (exact) mass is 329 g/mol. The Morgan fingerprint density at radius 3 is 3.00 bits per heavy atom. The summed E-state index contributed by atoms with van der Waals surface area (Å²) in [6.45, 7) is 3.01. The Bertz CT molecular complexity index is 481. The number of nitrogens with zero attached hydrogens (tertiary/aromatic N) is 1.